The molecule has 0 bridgehead atoms. The summed E-state index contributed by atoms with van der Waals surface area (Å²) in [5.74, 6) is 0.705. The lowest BCUT2D eigenvalue weighted by atomic mass is 9.95. The second-order valence-electron chi connectivity index (χ2n) is 4.15. The highest BCUT2D eigenvalue weighted by Gasteiger charge is 2.16. The van der Waals surface area contributed by atoms with E-state index in [2.05, 4.69) is 25.1 Å². The number of hydrogen-bond acceptors (Lipinski definition) is 1. The molecule has 78 valence electrons. The van der Waals surface area contributed by atoms with Crippen molar-refractivity contribution in [3.63, 3.8) is 0 Å². The summed E-state index contributed by atoms with van der Waals surface area (Å²) in [5, 5.41) is 0. The molecule has 1 nitrogen and oxygen atoms in total. The minimum atomic E-state index is 0.144. The van der Waals surface area contributed by atoms with E-state index in [-0.39, 0.29) is 5.78 Å². The lowest BCUT2D eigenvalue weighted by Crippen LogP contribution is -1.96. The number of carbonyl (C=O) groups excluding carboxylic acids is 1. The van der Waals surface area contributed by atoms with Gasteiger partial charge >= 0.3 is 0 Å². The number of rotatable bonds is 3. The number of Topliss-reactive ketones (excluding diaryl/α,β-unsaturated/α-hetero) is 1. The highest BCUT2D eigenvalue weighted by Crippen LogP contribution is 2.33. The Kier molecular flexibility index (Phi) is 2.72. The van der Waals surface area contributed by atoms with Crippen LogP contribution in [0.15, 0.2) is 24.3 Å². The predicted molar refractivity (Wildman–Crippen MR) is 63.1 cm³/mol. The van der Waals surface area contributed by atoms with E-state index < -0.39 is 0 Å². The van der Waals surface area contributed by atoms with Crippen molar-refractivity contribution in [1.82, 2.24) is 0 Å². The number of allylic oxidation sites excluding steroid dienone is 1. The molecule has 1 aromatic carbocycles. The van der Waals surface area contributed by atoms with Crippen LogP contribution in [0.25, 0.3) is 6.08 Å². The summed E-state index contributed by atoms with van der Waals surface area (Å²) in [7, 11) is 0. The number of hydrogen-bond donors (Lipinski definition) is 0. The van der Waals surface area contributed by atoms with Gasteiger partial charge in [-0.1, -0.05) is 37.6 Å². The molecule has 2 rings (SSSR count). The van der Waals surface area contributed by atoms with E-state index in [1.165, 1.54) is 24.0 Å². The van der Waals surface area contributed by atoms with Gasteiger partial charge in [-0.3, -0.25) is 4.79 Å². The first kappa shape index (κ1) is 10.2. The van der Waals surface area contributed by atoms with Crippen molar-refractivity contribution in [3.05, 3.63) is 41.0 Å². The molecule has 0 aromatic heterocycles. The fraction of sp³-hybridized carbons (Fsp3) is 0.357. The van der Waals surface area contributed by atoms with Crippen LogP contribution in [0.1, 0.15) is 54.1 Å². The van der Waals surface area contributed by atoms with Gasteiger partial charge < -0.3 is 0 Å². The summed E-state index contributed by atoms with van der Waals surface area (Å²) in [6.45, 7) is 3.82. The Bertz CT molecular complexity index is 415. The Morgan fingerprint density at radius 1 is 1.40 bits per heavy atom. The fourth-order valence-corrected chi connectivity index (χ4v) is 2.16. The summed E-state index contributed by atoms with van der Waals surface area (Å²) >= 11 is 0. The second kappa shape index (κ2) is 4.01. The van der Waals surface area contributed by atoms with E-state index in [9.17, 15) is 4.79 Å². The molecule has 1 heteroatoms. The molecule has 0 fully saturated rings. The number of benzene rings is 1. The summed E-state index contributed by atoms with van der Waals surface area (Å²) in [5.41, 5.74) is 3.42. The van der Waals surface area contributed by atoms with Gasteiger partial charge in [0.15, 0.2) is 5.78 Å². The zero-order valence-corrected chi connectivity index (χ0v) is 9.29. The predicted octanol–water partition coefficient (Wildman–Crippen LogP) is 3.80. The monoisotopic (exact) mass is 200 g/mol. The van der Waals surface area contributed by atoms with Crippen molar-refractivity contribution >= 4 is 11.9 Å². The summed E-state index contributed by atoms with van der Waals surface area (Å²) in [4.78, 5) is 11.2. The van der Waals surface area contributed by atoms with Crippen LogP contribution in [0.3, 0.4) is 0 Å². The maximum Gasteiger partial charge on any atom is 0.159 e. The average molecular weight is 200 g/mol. The minimum absolute atomic E-state index is 0.144. The van der Waals surface area contributed by atoms with Crippen molar-refractivity contribution in [2.45, 2.75) is 32.6 Å². The van der Waals surface area contributed by atoms with Crippen molar-refractivity contribution in [2.24, 2.45) is 0 Å². The van der Waals surface area contributed by atoms with Gasteiger partial charge in [0.25, 0.3) is 0 Å². The van der Waals surface area contributed by atoms with Crippen LogP contribution in [-0.2, 0) is 0 Å². The van der Waals surface area contributed by atoms with Crippen molar-refractivity contribution < 1.29 is 4.79 Å². The van der Waals surface area contributed by atoms with E-state index in [0.717, 1.165) is 5.56 Å². The largest absolute Gasteiger partial charge is 0.295 e. The molecule has 0 aliphatic heterocycles. The highest BCUT2D eigenvalue weighted by atomic mass is 16.1. The fourth-order valence-electron chi connectivity index (χ4n) is 2.16. The molecule has 1 unspecified atom stereocenters. The van der Waals surface area contributed by atoms with Crippen LogP contribution in [-0.4, -0.2) is 5.78 Å². The van der Waals surface area contributed by atoms with E-state index in [1.807, 2.05) is 12.1 Å². The first-order chi connectivity index (χ1) is 7.22. The topological polar surface area (TPSA) is 17.1 Å². The van der Waals surface area contributed by atoms with Gasteiger partial charge in [0.05, 0.1) is 0 Å². The smallest absolute Gasteiger partial charge is 0.159 e. The molecule has 0 spiro atoms. The van der Waals surface area contributed by atoms with Gasteiger partial charge in [0.1, 0.15) is 0 Å². The van der Waals surface area contributed by atoms with E-state index >= 15 is 0 Å². The molecule has 0 N–H and O–H groups in total. The lowest BCUT2D eigenvalue weighted by Gasteiger charge is -2.09. The van der Waals surface area contributed by atoms with Gasteiger partial charge in [-0.05, 0) is 30.5 Å². The Hall–Kier alpha value is -1.37. The van der Waals surface area contributed by atoms with Crippen LogP contribution in [0.5, 0.6) is 0 Å². The quantitative estimate of drug-likeness (QED) is 0.678. The molecule has 0 radical (unpaired) electrons. The standard InChI is InChI=1S/C14H16O/c1-3-4-11-5-6-13-9-12(10(2)15)7-8-14(11)13/h5-9,11H,3-4H2,1-2H3. The molecule has 0 saturated heterocycles. The molecule has 15 heavy (non-hydrogen) atoms. The molecule has 0 heterocycles. The third-order valence-electron chi connectivity index (χ3n) is 3.00. The molecule has 1 aromatic rings. The van der Waals surface area contributed by atoms with Crippen LogP contribution in [0.2, 0.25) is 0 Å². The van der Waals surface area contributed by atoms with Gasteiger partial charge in [-0.15, -0.1) is 0 Å². The lowest BCUT2D eigenvalue weighted by molar-refractivity contribution is 0.101. The first-order valence-corrected chi connectivity index (χ1v) is 5.55. The number of carbonyl (C=O) groups is 1. The normalized spacial score (nSPS) is 17.9. The third kappa shape index (κ3) is 1.87. The van der Waals surface area contributed by atoms with E-state index in [1.54, 1.807) is 6.92 Å². The summed E-state index contributed by atoms with van der Waals surface area (Å²) in [6, 6.07) is 6.05. The first-order valence-electron chi connectivity index (χ1n) is 5.55. The number of ketones is 1. The third-order valence-corrected chi connectivity index (χ3v) is 3.00. The second-order valence-corrected chi connectivity index (χ2v) is 4.15. The van der Waals surface area contributed by atoms with E-state index in [0.29, 0.717) is 5.92 Å². The maximum absolute atomic E-state index is 11.2. The Balaban J connectivity index is 2.33. The molecule has 1 aliphatic rings. The van der Waals surface area contributed by atoms with Crippen LogP contribution < -0.4 is 0 Å². The SMILES string of the molecule is CCCC1C=Cc2cc(C(C)=O)ccc21. The molecule has 1 aliphatic carbocycles. The van der Waals surface area contributed by atoms with Gasteiger partial charge in [-0.2, -0.15) is 0 Å². The maximum atomic E-state index is 11.2. The van der Waals surface area contributed by atoms with Crippen molar-refractivity contribution in [2.75, 3.05) is 0 Å². The molecule has 1 atom stereocenters. The molecule has 0 saturated carbocycles. The van der Waals surface area contributed by atoms with Crippen molar-refractivity contribution in [1.29, 1.82) is 0 Å². The molecule has 0 amide bonds. The summed E-state index contributed by atoms with van der Waals surface area (Å²) < 4.78 is 0. The Labute approximate surface area is 90.8 Å². The van der Waals surface area contributed by atoms with Crippen molar-refractivity contribution in [3.8, 4) is 0 Å². The van der Waals surface area contributed by atoms with Crippen LogP contribution in [0.4, 0.5) is 0 Å². The van der Waals surface area contributed by atoms with Crippen LogP contribution in [0, 0.1) is 0 Å². The van der Waals surface area contributed by atoms with Gasteiger partial charge in [0, 0.05) is 11.5 Å². The Morgan fingerprint density at radius 2 is 2.20 bits per heavy atom. The molecular formula is C14H16O. The average Bonchev–Trinajstić information content (AvgIpc) is 2.61. The zero-order chi connectivity index (χ0) is 10.8. The van der Waals surface area contributed by atoms with Crippen LogP contribution >= 0.6 is 0 Å². The zero-order valence-electron chi connectivity index (χ0n) is 9.29. The van der Waals surface area contributed by atoms with Gasteiger partial charge in [0.2, 0.25) is 0 Å². The minimum Gasteiger partial charge on any atom is -0.295 e. The number of fused-ring (bicyclic) bond motifs is 1. The molecular weight excluding hydrogens is 184 g/mol. The van der Waals surface area contributed by atoms with Gasteiger partial charge in [-0.25, -0.2) is 0 Å². The highest BCUT2D eigenvalue weighted by molar-refractivity contribution is 5.95. The Morgan fingerprint density at radius 3 is 2.87 bits per heavy atom. The summed E-state index contributed by atoms with van der Waals surface area (Å²) in [6.07, 6.45) is 6.78. The van der Waals surface area contributed by atoms with E-state index in [4.69, 9.17) is 0 Å².